The predicted octanol–water partition coefficient (Wildman–Crippen LogP) is 2.91. The highest BCUT2D eigenvalue weighted by atomic mass is 16.5. The quantitative estimate of drug-likeness (QED) is 0.783. The summed E-state index contributed by atoms with van der Waals surface area (Å²) in [5.74, 6) is 0.964. The first-order chi connectivity index (χ1) is 14.4. The van der Waals surface area contributed by atoms with Crippen LogP contribution >= 0.6 is 0 Å². The lowest BCUT2D eigenvalue weighted by Crippen LogP contribution is -2.52. The summed E-state index contributed by atoms with van der Waals surface area (Å²) >= 11 is 0. The number of nitrogens with two attached hydrogens (primary N) is 2. The van der Waals surface area contributed by atoms with Gasteiger partial charge in [-0.15, -0.1) is 0 Å². The summed E-state index contributed by atoms with van der Waals surface area (Å²) in [5.41, 5.74) is 15.3. The van der Waals surface area contributed by atoms with Gasteiger partial charge in [0.2, 0.25) is 0 Å². The van der Waals surface area contributed by atoms with Gasteiger partial charge in [0.05, 0.1) is 6.10 Å². The summed E-state index contributed by atoms with van der Waals surface area (Å²) in [5, 5.41) is 0. The number of ether oxygens (including phenoxy) is 1. The zero-order valence-electron chi connectivity index (χ0n) is 17.8. The molecule has 1 aliphatic heterocycles. The fourth-order valence-corrected chi connectivity index (χ4v) is 6.02. The summed E-state index contributed by atoms with van der Waals surface area (Å²) in [6.45, 7) is 4.21. The molecule has 2 fully saturated rings. The molecule has 0 saturated heterocycles. The van der Waals surface area contributed by atoms with Gasteiger partial charge < -0.3 is 16.2 Å². The molecule has 4 N–H and O–H groups in total. The molecule has 0 bridgehead atoms. The molecular formula is C24H32N4O2. The highest BCUT2D eigenvalue weighted by Gasteiger charge is 2.66. The van der Waals surface area contributed by atoms with Gasteiger partial charge in [0.25, 0.3) is 5.91 Å². The Balaban J connectivity index is 1.60. The standard InChI is InChI=1S/C24H32N4O2/c1-15(25)9-12-28-21(29)24(27-22(28)26)20-13-17(16-3-4-16)5-6-18(20)14-23(24)10-7-19(30-2)8-11-23/h5-6,13,16,19H,1,3-4,7-12,14,25H2,2H3,(H2,26,27). The number of rotatable bonds is 5. The van der Waals surface area contributed by atoms with Crippen molar-refractivity contribution in [2.45, 2.75) is 68.9 Å². The number of carbonyl (C=O) groups excluding carboxylic acids is 1. The maximum absolute atomic E-state index is 14.1. The molecule has 0 radical (unpaired) electrons. The van der Waals surface area contributed by atoms with Crippen LogP contribution in [0.1, 0.15) is 67.6 Å². The van der Waals surface area contributed by atoms with Crippen LogP contribution in [0.15, 0.2) is 35.5 Å². The van der Waals surface area contributed by atoms with Gasteiger partial charge in [-0.3, -0.25) is 9.69 Å². The van der Waals surface area contributed by atoms with Crippen LogP contribution in [-0.4, -0.2) is 36.5 Å². The molecule has 6 nitrogen and oxygen atoms in total. The van der Waals surface area contributed by atoms with E-state index < -0.39 is 5.54 Å². The second kappa shape index (κ2) is 6.84. The number of benzene rings is 1. The number of fused-ring (bicyclic) bond motifs is 3. The number of hydrogen-bond donors (Lipinski definition) is 2. The maximum atomic E-state index is 14.1. The van der Waals surface area contributed by atoms with Crippen LogP contribution in [0.5, 0.6) is 0 Å². The monoisotopic (exact) mass is 408 g/mol. The van der Waals surface area contributed by atoms with Crippen LogP contribution in [0.2, 0.25) is 0 Å². The normalized spacial score (nSPS) is 32.7. The average molecular weight is 409 g/mol. The number of guanidine groups is 1. The average Bonchev–Trinajstić information content (AvgIpc) is 3.50. The van der Waals surface area contributed by atoms with Crippen LogP contribution < -0.4 is 11.5 Å². The van der Waals surface area contributed by atoms with E-state index in [4.69, 9.17) is 21.2 Å². The van der Waals surface area contributed by atoms with Crippen LogP contribution in [0.25, 0.3) is 0 Å². The van der Waals surface area contributed by atoms with Crippen LogP contribution in [0.3, 0.4) is 0 Å². The molecule has 4 aliphatic rings. The zero-order valence-corrected chi connectivity index (χ0v) is 17.8. The van der Waals surface area contributed by atoms with E-state index in [0.717, 1.165) is 37.7 Å². The molecule has 2 saturated carbocycles. The number of hydrogen-bond acceptors (Lipinski definition) is 5. The van der Waals surface area contributed by atoms with Gasteiger partial charge in [-0.25, -0.2) is 4.99 Å². The van der Waals surface area contributed by atoms with Crippen molar-refractivity contribution < 1.29 is 9.53 Å². The zero-order chi connectivity index (χ0) is 21.1. The second-order valence-corrected chi connectivity index (χ2v) is 9.63. The van der Waals surface area contributed by atoms with Gasteiger partial charge >= 0.3 is 0 Å². The first kappa shape index (κ1) is 19.6. The van der Waals surface area contributed by atoms with Crippen LogP contribution in [-0.2, 0) is 21.5 Å². The molecule has 160 valence electrons. The highest BCUT2D eigenvalue weighted by Crippen LogP contribution is 2.62. The molecule has 1 atom stereocenters. The topological polar surface area (TPSA) is 93.9 Å². The van der Waals surface area contributed by atoms with Gasteiger partial charge in [0, 0.05) is 31.2 Å². The Hall–Kier alpha value is -2.34. The van der Waals surface area contributed by atoms with Crippen molar-refractivity contribution in [1.82, 2.24) is 4.90 Å². The van der Waals surface area contributed by atoms with E-state index in [1.165, 1.54) is 24.0 Å². The fourth-order valence-electron chi connectivity index (χ4n) is 6.02. The van der Waals surface area contributed by atoms with Crippen molar-refractivity contribution in [3.8, 4) is 0 Å². The minimum Gasteiger partial charge on any atom is -0.402 e. The summed E-state index contributed by atoms with van der Waals surface area (Å²) in [6.07, 6.45) is 7.85. The van der Waals surface area contributed by atoms with E-state index >= 15 is 0 Å². The molecule has 6 heteroatoms. The smallest absolute Gasteiger partial charge is 0.262 e. The molecule has 1 aromatic carbocycles. The molecular weight excluding hydrogens is 376 g/mol. The van der Waals surface area contributed by atoms with Gasteiger partial charge in [0.15, 0.2) is 11.5 Å². The van der Waals surface area contributed by atoms with E-state index in [1.807, 2.05) is 0 Å². The molecule has 1 aromatic rings. The van der Waals surface area contributed by atoms with Crippen molar-refractivity contribution >= 4 is 11.9 Å². The Labute approximate surface area is 178 Å². The first-order valence-corrected chi connectivity index (χ1v) is 11.2. The molecule has 2 spiro atoms. The van der Waals surface area contributed by atoms with Crippen molar-refractivity contribution in [2.75, 3.05) is 13.7 Å². The van der Waals surface area contributed by atoms with E-state index in [9.17, 15) is 4.79 Å². The van der Waals surface area contributed by atoms with Crippen molar-refractivity contribution in [3.05, 3.63) is 47.2 Å². The SMILES string of the molecule is C=C(N)CCN1C(=O)C2(N=C1N)c1cc(C3CC3)ccc1CC21CCC(OC)CC1. The Morgan fingerprint density at radius 3 is 2.67 bits per heavy atom. The lowest BCUT2D eigenvalue weighted by molar-refractivity contribution is -0.138. The van der Waals surface area contributed by atoms with Crippen molar-refractivity contribution in [2.24, 2.45) is 21.9 Å². The van der Waals surface area contributed by atoms with Crippen molar-refractivity contribution in [1.29, 1.82) is 0 Å². The van der Waals surface area contributed by atoms with Crippen LogP contribution in [0, 0.1) is 5.41 Å². The van der Waals surface area contributed by atoms with Crippen LogP contribution in [0.4, 0.5) is 0 Å². The summed E-state index contributed by atoms with van der Waals surface area (Å²) in [4.78, 5) is 20.7. The van der Waals surface area contributed by atoms with Gasteiger partial charge in [-0.05, 0) is 67.6 Å². The number of carbonyl (C=O) groups is 1. The molecule has 1 unspecified atom stereocenters. The third-order valence-corrected chi connectivity index (χ3v) is 7.86. The fraction of sp³-hybridized carbons (Fsp3) is 0.583. The Morgan fingerprint density at radius 1 is 1.30 bits per heavy atom. The number of amides is 1. The minimum atomic E-state index is -0.911. The Morgan fingerprint density at radius 2 is 2.03 bits per heavy atom. The number of aliphatic imine (C=N–C) groups is 1. The lowest BCUT2D eigenvalue weighted by Gasteiger charge is -2.45. The van der Waals surface area contributed by atoms with E-state index in [-0.39, 0.29) is 17.4 Å². The Bertz CT molecular complexity index is 927. The second-order valence-electron chi connectivity index (χ2n) is 9.63. The summed E-state index contributed by atoms with van der Waals surface area (Å²) < 4.78 is 5.64. The number of nitrogens with zero attached hydrogens (tertiary/aromatic N) is 2. The van der Waals surface area contributed by atoms with Crippen molar-refractivity contribution in [3.63, 3.8) is 0 Å². The van der Waals surface area contributed by atoms with E-state index in [2.05, 4.69) is 24.8 Å². The maximum Gasteiger partial charge on any atom is 0.262 e. The molecule has 5 rings (SSSR count). The van der Waals surface area contributed by atoms with E-state index in [1.54, 1.807) is 12.0 Å². The summed E-state index contributed by atoms with van der Waals surface area (Å²) in [6, 6.07) is 6.77. The highest BCUT2D eigenvalue weighted by molar-refractivity contribution is 6.08. The third kappa shape index (κ3) is 2.73. The first-order valence-electron chi connectivity index (χ1n) is 11.2. The Kier molecular flexibility index (Phi) is 4.47. The lowest BCUT2D eigenvalue weighted by atomic mass is 9.61. The van der Waals surface area contributed by atoms with Gasteiger partial charge in [0.1, 0.15) is 0 Å². The van der Waals surface area contributed by atoms with Gasteiger partial charge in [-0.1, -0.05) is 24.8 Å². The van der Waals surface area contributed by atoms with Gasteiger partial charge in [-0.2, -0.15) is 0 Å². The summed E-state index contributed by atoms with van der Waals surface area (Å²) in [7, 11) is 1.78. The van der Waals surface area contributed by atoms with E-state index in [0.29, 0.717) is 30.5 Å². The third-order valence-electron chi connectivity index (χ3n) is 7.86. The molecule has 3 aliphatic carbocycles. The largest absolute Gasteiger partial charge is 0.402 e. The molecule has 1 amide bonds. The molecule has 0 aromatic heterocycles. The minimum absolute atomic E-state index is 0.0174. The predicted molar refractivity (Wildman–Crippen MR) is 117 cm³/mol. The number of methoxy groups -OCH3 is 1. The molecule has 1 heterocycles. The molecule has 30 heavy (non-hydrogen) atoms.